The minimum Gasteiger partial charge on any atom is -0.481 e. The number of carbonyl (C=O) groups is 21. The van der Waals surface area contributed by atoms with E-state index in [1.807, 2.05) is 0 Å². The van der Waals surface area contributed by atoms with Gasteiger partial charge in [0, 0.05) is 49.0 Å². The van der Waals surface area contributed by atoms with Crippen molar-refractivity contribution in [1.29, 1.82) is 0 Å². The first kappa shape index (κ1) is 115. The molecule has 2 saturated heterocycles. The minimum absolute atomic E-state index is 0.0176. The quantitative estimate of drug-likeness (QED) is 0.00884. The number of aliphatic carboxylic acids is 4. The highest BCUT2D eigenvalue weighted by Crippen LogP contribution is 2.33. The molecule has 18 amide bonds. The van der Waals surface area contributed by atoms with Crippen molar-refractivity contribution in [2.75, 3.05) is 44.4 Å². The number of nitrogens with two attached hydrogens (primary N) is 6. The molecule has 0 aliphatic carbocycles. The lowest BCUT2D eigenvalue weighted by atomic mass is 9.94. The molecule has 0 unspecified atom stereocenters. The summed E-state index contributed by atoms with van der Waals surface area (Å²) in [5.41, 5.74) is 33.4. The summed E-state index contributed by atoms with van der Waals surface area (Å²) in [5, 5.41) is 98.6. The highest BCUT2D eigenvalue weighted by atomic mass is 32.2. The molecular formula is C78H133N23O27S2. The lowest BCUT2D eigenvalue weighted by molar-refractivity contribution is -0.144. The maximum Gasteiger partial charge on any atom is 0.326 e. The van der Waals surface area contributed by atoms with E-state index < -0.39 is 291 Å². The Bertz CT molecular complexity index is 3910. The van der Waals surface area contributed by atoms with Crippen molar-refractivity contribution in [3.05, 3.63) is 0 Å². The lowest BCUT2D eigenvalue weighted by Crippen LogP contribution is -2.63. The number of nitrogens with zero attached hydrogens (tertiary/aromatic N) is 1. The number of aliphatic hydroxyl groups is 2. The van der Waals surface area contributed by atoms with E-state index in [0.717, 1.165) is 0 Å². The van der Waals surface area contributed by atoms with Crippen LogP contribution in [0.5, 0.6) is 0 Å². The smallest absolute Gasteiger partial charge is 0.326 e. The highest BCUT2D eigenvalue weighted by molar-refractivity contribution is 8.00. The Hall–Kier alpha value is -11.5. The molecule has 2 fully saturated rings. The molecule has 34 N–H and O–H groups in total. The predicted molar refractivity (Wildman–Crippen MR) is 469 cm³/mol. The number of carbonyl (C=O) groups excluding carboxylic acids is 17. The number of fused-ring (bicyclic) bond motifs is 1. The fourth-order valence-corrected chi connectivity index (χ4v) is 15.2. The summed E-state index contributed by atoms with van der Waals surface area (Å²) in [6, 6.07) is -24.6. The first-order valence-electron chi connectivity index (χ1n) is 43.0. The summed E-state index contributed by atoms with van der Waals surface area (Å²) in [5.74, 6) is -26.4. The number of aliphatic imine (C=N–C) groups is 1. The summed E-state index contributed by atoms with van der Waals surface area (Å²) >= 11 is 5.86. The Morgan fingerprint density at radius 1 is 0.400 bits per heavy atom. The number of thioether (sulfide) groups is 1. The number of nitrogens with one attached hydrogen (secondary N) is 16. The third-order valence-electron chi connectivity index (χ3n) is 21.6. The van der Waals surface area contributed by atoms with Crippen LogP contribution in [0, 0.1) is 17.8 Å². The second-order valence-electron chi connectivity index (χ2n) is 31.8. The molecule has 50 nitrogen and oxygen atoms in total. The fraction of sp³-hybridized carbons (Fsp3) is 0.718. The number of thiol groups is 1. The molecule has 0 aromatic carbocycles. The van der Waals surface area contributed by atoms with Gasteiger partial charge in [0.25, 0.3) is 0 Å². The SMILES string of the molecule is CC[C@H](C)[C@H](NC(=O)[C@H](CCCCN)NC(=O)[C@H](CCCN=C(N)N)NC(=O)[C@H](CO)NC(=O)[C@@H](NC(=O)[C@@H](NC(=O)[C@H](CS)NC(=O)[C@H](CC(=O)O)NC(=O)[C@H](CO)NC(=O)[C@H](CC(N)=O)NC(=O)CCCC[C@@H]1SC[C@@H]2NC(=O)N[C@@H]21)[C@@H](C)CC)[C@@H](C)CC)C(=O)N[C@@H](CCC(=O)O)C(=O)N[C@@H](CCC(N)=O)C(=O)N[C@@H](CCCCN)C(=O)N[C@@H](CCC(=O)O)C(=O)O. The van der Waals surface area contributed by atoms with Gasteiger partial charge in [-0.1, -0.05) is 67.2 Å². The summed E-state index contributed by atoms with van der Waals surface area (Å²) in [7, 11) is 0. The van der Waals surface area contributed by atoms with Gasteiger partial charge in [-0.25, -0.2) is 9.59 Å². The molecule has 0 bridgehead atoms. The first-order chi connectivity index (χ1) is 61.3. The van der Waals surface area contributed by atoms with Crippen molar-refractivity contribution in [3.8, 4) is 0 Å². The van der Waals surface area contributed by atoms with Gasteiger partial charge in [0.1, 0.15) is 84.6 Å². The van der Waals surface area contributed by atoms with Crippen LogP contribution < -0.4 is 119 Å². The second kappa shape index (κ2) is 60.4. The van der Waals surface area contributed by atoms with Crippen molar-refractivity contribution in [2.45, 2.75) is 291 Å². The van der Waals surface area contributed by atoms with Crippen LogP contribution in [0.2, 0.25) is 0 Å². The van der Waals surface area contributed by atoms with Crippen LogP contribution in [0.4, 0.5) is 4.79 Å². The summed E-state index contributed by atoms with van der Waals surface area (Å²) < 4.78 is 0. The van der Waals surface area contributed by atoms with E-state index in [4.69, 9.17) is 39.5 Å². The van der Waals surface area contributed by atoms with Crippen molar-refractivity contribution in [2.24, 2.45) is 57.1 Å². The van der Waals surface area contributed by atoms with Crippen molar-refractivity contribution >= 4 is 155 Å². The lowest BCUT2D eigenvalue weighted by Gasteiger charge is -2.31. The van der Waals surface area contributed by atoms with Crippen molar-refractivity contribution < 1.29 is 131 Å². The van der Waals surface area contributed by atoms with Crippen molar-refractivity contribution in [1.82, 2.24) is 85.1 Å². The largest absolute Gasteiger partial charge is 0.481 e. The molecule has 2 aliphatic rings. The summed E-state index contributed by atoms with van der Waals surface area (Å²) in [6.07, 6.45) is -3.76. The first-order valence-corrected chi connectivity index (χ1v) is 44.7. The zero-order valence-corrected chi connectivity index (χ0v) is 75.5. The molecule has 0 aromatic heterocycles. The van der Waals surface area contributed by atoms with E-state index in [9.17, 15) is 126 Å². The normalized spacial score (nSPS) is 17.7. The molecule has 0 spiro atoms. The Balaban J connectivity index is 2.45. The van der Waals surface area contributed by atoms with E-state index in [1.165, 1.54) is 20.8 Å². The van der Waals surface area contributed by atoms with E-state index in [1.54, 1.807) is 32.5 Å². The number of carboxylic acids is 4. The standard InChI is InChI=1S/C78H133N23O27S2/c1-7-37(4)59(73(123)91-44(23-26-56(107)108)66(116)90-43(22-25-53(81)104)65(115)87-40(17-12-14-28-79)64(114)92-45(76(126)127)24-27-57(109)110)98-67(117)41(18-13-15-29-80)88-63(113)42(19-16-30-85-77(83)84)89-70(120)49(34-103)95-74(124)60(38(5)8-2)100-75(125)61(39(6)9-3)99-72(122)50(35-129)96-69(119)47(32-58(111)112)93-71(121)48(33-102)94-68(118)46(31-54(82)105)86-55(106)21-11-10-20-52-62-51(36-130-52)97-78(128)101-62/h37-52,59-62,102-103,129H,7-36,79-80H2,1-6H3,(H2,81,104)(H2,82,105)(H,86,106)(H,87,115)(H,88,113)(H,89,120)(H,90,116)(H,91,123)(H,92,114)(H,93,121)(H,94,118)(H,95,124)(H,96,119)(H,98,117)(H,99,122)(H,100,125)(H,107,108)(H,109,110)(H,111,112)(H,126,127)(H4,83,84,85)(H2,97,101,128)/t37-,38-,39-,40-,41-,42-,43-,44-,45-,46-,47-,48-,49-,50-,51-,52-,59-,60-,61-,62-/m0/s1. The van der Waals surface area contributed by atoms with E-state index >= 15 is 0 Å². The molecular weight excluding hydrogens is 1760 g/mol. The number of rotatable bonds is 67. The number of amides is 18. The number of primary amides is 2. The molecule has 0 radical (unpaired) electrons. The second-order valence-corrected chi connectivity index (χ2v) is 33.4. The number of aliphatic hydroxyl groups excluding tert-OH is 2. The molecule has 52 heteroatoms. The van der Waals surface area contributed by atoms with Gasteiger partial charge in [-0.3, -0.25) is 96.1 Å². The molecule has 0 aromatic rings. The summed E-state index contributed by atoms with van der Waals surface area (Å²) in [6.45, 7) is 7.17. The van der Waals surface area contributed by atoms with Gasteiger partial charge in [0.2, 0.25) is 94.5 Å². The topological polar surface area (TPSA) is 841 Å². The van der Waals surface area contributed by atoms with Crippen LogP contribution in [0.1, 0.15) is 189 Å². The number of hydrogen-bond acceptors (Lipinski definition) is 28. The monoisotopic (exact) mass is 1890 g/mol. The molecule has 130 heavy (non-hydrogen) atoms. The number of unbranched alkanes of at least 4 members (excludes halogenated alkanes) is 3. The van der Waals surface area contributed by atoms with E-state index in [2.05, 4.69) is 103 Å². The average Bonchev–Trinajstić information content (AvgIpc) is 1.70. The Morgan fingerprint density at radius 2 is 0.754 bits per heavy atom. The van der Waals surface area contributed by atoms with Gasteiger partial charge in [-0.15, -0.1) is 0 Å². The van der Waals surface area contributed by atoms with Gasteiger partial charge in [-0.2, -0.15) is 24.4 Å². The van der Waals surface area contributed by atoms with Gasteiger partial charge in [-0.05, 0) is 114 Å². The van der Waals surface area contributed by atoms with Crippen LogP contribution in [-0.4, -0.2) is 307 Å². The maximum absolute atomic E-state index is 14.7. The number of urea groups is 1. The van der Waals surface area contributed by atoms with Crippen molar-refractivity contribution in [3.63, 3.8) is 0 Å². The molecule has 734 valence electrons. The Labute approximate surface area is 760 Å². The predicted octanol–water partition coefficient (Wildman–Crippen LogP) is -8.71. The van der Waals surface area contributed by atoms with E-state index in [-0.39, 0.29) is 120 Å². The molecule has 2 heterocycles. The third kappa shape index (κ3) is 41.9. The molecule has 0 saturated carbocycles. The van der Waals surface area contributed by atoms with Gasteiger partial charge >= 0.3 is 29.9 Å². The van der Waals surface area contributed by atoms with Crippen LogP contribution in [0.15, 0.2) is 4.99 Å². The average molecular weight is 1890 g/mol. The number of carboxylic acid groups (broad SMARTS) is 4. The maximum atomic E-state index is 14.7. The van der Waals surface area contributed by atoms with Gasteiger partial charge < -0.3 is 150 Å². The number of hydrogen-bond donors (Lipinski definition) is 29. The van der Waals surface area contributed by atoms with E-state index in [0.29, 0.717) is 31.4 Å². The Kier molecular flexibility index (Phi) is 53.2. The fourth-order valence-electron chi connectivity index (χ4n) is 13.4. The molecule has 20 atom stereocenters. The van der Waals surface area contributed by atoms with Crippen LogP contribution in [-0.2, 0) is 95.9 Å². The zero-order chi connectivity index (χ0) is 98.2. The van der Waals surface area contributed by atoms with Gasteiger partial charge in [0.15, 0.2) is 5.96 Å². The Morgan fingerprint density at radius 3 is 1.16 bits per heavy atom. The van der Waals surface area contributed by atoms with Crippen LogP contribution in [0.3, 0.4) is 0 Å². The highest BCUT2D eigenvalue weighted by Gasteiger charge is 2.44. The van der Waals surface area contributed by atoms with Gasteiger partial charge in [0.05, 0.1) is 38.1 Å². The van der Waals surface area contributed by atoms with Crippen LogP contribution in [0.25, 0.3) is 0 Å². The molecule has 2 rings (SSSR count). The third-order valence-corrected chi connectivity index (χ3v) is 23.4. The molecule has 2 aliphatic heterocycles. The summed E-state index contributed by atoms with van der Waals surface area (Å²) in [4.78, 5) is 285. The van der Waals surface area contributed by atoms with Crippen LogP contribution >= 0.6 is 24.4 Å². The number of guanidine groups is 1. The minimum atomic E-state index is -2.05. The zero-order valence-electron chi connectivity index (χ0n) is 73.8.